The number of ether oxygens (including phenoxy) is 1. The summed E-state index contributed by atoms with van der Waals surface area (Å²) in [7, 11) is 1.44. The standard InChI is InChI=1S/C15H22O3.ClH/c1-3-4-5-6-13(15(17)18-2)11-12-7-9-14(16)10-8-12;/h7-10,13,16H,3-6,11H2,1-2H3;1H/t13-;/m1./s1. The number of aromatic hydroxyl groups is 1. The zero-order valence-corrected chi connectivity index (χ0v) is 12.4. The average Bonchev–Trinajstić information content (AvgIpc) is 2.39. The van der Waals surface area contributed by atoms with E-state index in [4.69, 9.17) is 4.74 Å². The van der Waals surface area contributed by atoms with Gasteiger partial charge in [-0.2, -0.15) is 0 Å². The maximum absolute atomic E-state index is 11.7. The van der Waals surface area contributed by atoms with Crippen molar-refractivity contribution in [3.63, 3.8) is 0 Å². The number of carbonyl (C=O) groups is 1. The van der Waals surface area contributed by atoms with E-state index < -0.39 is 0 Å². The Kier molecular flexibility index (Phi) is 9.06. The molecule has 0 aromatic heterocycles. The third kappa shape index (κ3) is 6.48. The fourth-order valence-electron chi connectivity index (χ4n) is 2.03. The third-order valence-corrected chi connectivity index (χ3v) is 3.11. The van der Waals surface area contributed by atoms with Crippen molar-refractivity contribution in [3.05, 3.63) is 29.8 Å². The summed E-state index contributed by atoms with van der Waals surface area (Å²) in [5, 5.41) is 9.23. The van der Waals surface area contributed by atoms with Crippen molar-refractivity contribution in [2.75, 3.05) is 7.11 Å². The first-order valence-corrected chi connectivity index (χ1v) is 6.53. The lowest BCUT2D eigenvalue weighted by Crippen LogP contribution is -2.18. The van der Waals surface area contributed by atoms with Gasteiger partial charge in [-0.15, -0.1) is 12.4 Å². The number of hydrogen-bond donors (Lipinski definition) is 1. The molecule has 108 valence electrons. The minimum absolute atomic E-state index is 0. The van der Waals surface area contributed by atoms with Crippen molar-refractivity contribution in [3.8, 4) is 5.75 Å². The molecule has 0 saturated carbocycles. The maximum atomic E-state index is 11.7. The summed E-state index contributed by atoms with van der Waals surface area (Å²) in [6.45, 7) is 2.15. The van der Waals surface area contributed by atoms with Crippen molar-refractivity contribution in [1.29, 1.82) is 0 Å². The highest BCUT2D eigenvalue weighted by atomic mass is 35.5. The van der Waals surface area contributed by atoms with E-state index in [1.807, 2.05) is 12.1 Å². The van der Waals surface area contributed by atoms with Crippen LogP contribution in [0.25, 0.3) is 0 Å². The molecule has 3 nitrogen and oxygen atoms in total. The van der Waals surface area contributed by atoms with Crippen LogP contribution in [0.15, 0.2) is 24.3 Å². The van der Waals surface area contributed by atoms with Gasteiger partial charge in [0.2, 0.25) is 0 Å². The predicted molar refractivity (Wildman–Crippen MR) is 78.7 cm³/mol. The van der Waals surface area contributed by atoms with E-state index in [-0.39, 0.29) is 30.0 Å². The van der Waals surface area contributed by atoms with E-state index in [1.165, 1.54) is 7.11 Å². The molecule has 0 unspecified atom stereocenters. The lowest BCUT2D eigenvalue weighted by atomic mass is 9.94. The Morgan fingerprint density at radius 3 is 2.42 bits per heavy atom. The number of methoxy groups -OCH3 is 1. The predicted octanol–water partition coefficient (Wildman–Crippen LogP) is 3.73. The molecular formula is C15H23ClO3. The quantitative estimate of drug-likeness (QED) is 0.614. The van der Waals surface area contributed by atoms with E-state index >= 15 is 0 Å². The van der Waals surface area contributed by atoms with Gasteiger partial charge in [-0.1, -0.05) is 38.3 Å². The largest absolute Gasteiger partial charge is 0.508 e. The molecule has 0 radical (unpaired) electrons. The minimum Gasteiger partial charge on any atom is -0.508 e. The van der Waals surface area contributed by atoms with Crippen LogP contribution >= 0.6 is 12.4 Å². The number of rotatable bonds is 7. The molecule has 1 aromatic rings. The Morgan fingerprint density at radius 2 is 1.89 bits per heavy atom. The van der Waals surface area contributed by atoms with Gasteiger partial charge >= 0.3 is 5.97 Å². The Labute approximate surface area is 121 Å². The topological polar surface area (TPSA) is 46.5 Å². The van der Waals surface area contributed by atoms with Gasteiger partial charge in [0.1, 0.15) is 5.75 Å². The van der Waals surface area contributed by atoms with Gasteiger partial charge in [-0.3, -0.25) is 4.79 Å². The maximum Gasteiger partial charge on any atom is 0.308 e. The molecule has 4 heteroatoms. The van der Waals surface area contributed by atoms with Crippen molar-refractivity contribution < 1.29 is 14.6 Å². The Hall–Kier alpha value is -1.22. The fourth-order valence-corrected chi connectivity index (χ4v) is 2.03. The molecule has 19 heavy (non-hydrogen) atoms. The number of halogens is 1. The number of phenolic OH excluding ortho intramolecular Hbond substituents is 1. The zero-order chi connectivity index (χ0) is 13.4. The summed E-state index contributed by atoms with van der Waals surface area (Å²) < 4.78 is 4.85. The molecule has 0 fully saturated rings. The van der Waals surface area contributed by atoms with E-state index in [2.05, 4.69) is 6.92 Å². The molecule has 0 heterocycles. The second kappa shape index (κ2) is 9.68. The molecule has 1 aromatic carbocycles. The minimum atomic E-state index is -0.140. The van der Waals surface area contributed by atoms with Crippen molar-refractivity contribution in [2.24, 2.45) is 5.92 Å². The van der Waals surface area contributed by atoms with Gasteiger partial charge in [0, 0.05) is 0 Å². The molecule has 0 aliphatic heterocycles. The van der Waals surface area contributed by atoms with Crippen LogP contribution in [0.4, 0.5) is 0 Å². The molecule has 0 aliphatic carbocycles. The first-order chi connectivity index (χ1) is 8.67. The van der Waals surface area contributed by atoms with Crippen LogP contribution in [-0.2, 0) is 16.0 Å². The number of benzene rings is 1. The number of phenols is 1. The van der Waals surface area contributed by atoms with Crippen LogP contribution < -0.4 is 0 Å². The van der Waals surface area contributed by atoms with Gasteiger partial charge in [-0.25, -0.2) is 0 Å². The first-order valence-electron chi connectivity index (χ1n) is 6.53. The Balaban J connectivity index is 0.00000324. The van der Waals surface area contributed by atoms with Crippen LogP contribution in [0, 0.1) is 5.92 Å². The summed E-state index contributed by atoms with van der Waals surface area (Å²) in [6, 6.07) is 7.00. The Morgan fingerprint density at radius 1 is 1.26 bits per heavy atom. The number of esters is 1. The van der Waals surface area contributed by atoms with Gasteiger partial charge in [-0.05, 0) is 30.5 Å². The molecule has 0 aliphatic rings. The van der Waals surface area contributed by atoms with Crippen molar-refractivity contribution in [2.45, 2.75) is 39.0 Å². The van der Waals surface area contributed by atoms with Gasteiger partial charge in [0.05, 0.1) is 13.0 Å². The molecule has 0 amide bonds. The number of hydrogen-bond acceptors (Lipinski definition) is 3. The molecule has 0 bridgehead atoms. The van der Waals surface area contributed by atoms with E-state index in [1.54, 1.807) is 12.1 Å². The summed E-state index contributed by atoms with van der Waals surface area (Å²) >= 11 is 0. The van der Waals surface area contributed by atoms with Crippen LogP contribution in [-0.4, -0.2) is 18.2 Å². The second-order valence-corrected chi connectivity index (χ2v) is 4.59. The monoisotopic (exact) mass is 286 g/mol. The average molecular weight is 287 g/mol. The van der Waals surface area contributed by atoms with E-state index in [9.17, 15) is 9.90 Å². The molecule has 1 N–H and O–H groups in total. The molecule has 0 spiro atoms. The highest BCUT2D eigenvalue weighted by molar-refractivity contribution is 5.85. The van der Waals surface area contributed by atoms with Gasteiger partial charge in [0.15, 0.2) is 0 Å². The van der Waals surface area contributed by atoms with Crippen LogP contribution in [0.5, 0.6) is 5.75 Å². The summed E-state index contributed by atoms with van der Waals surface area (Å²) in [6.07, 6.45) is 4.88. The lowest BCUT2D eigenvalue weighted by Gasteiger charge is -2.14. The summed E-state index contributed by atoms with van der Waals surface area (Å²) in [5.41, 5.74) is 1.06. The molecule has 0 saturated heterocycles. The first kappa shape index (κ1) is 17.8. The van der Waals surface area contributed by atoms with Crippen LogP contribution in [0.2, 0.25) is 0 Å². The van der Waals surface area contributed by atoms with Crippen molar-refractivity contribution >= 4 is 18.4 Å². The number of carbonyl (C=O) groups excluding carboxylic acids is 1. The second-order valence-electron chi connectivity index (χ2n) is 4.59. The summed E-state index contributed by atoms with van der Waals surface area (Å²) in [5.74, 6) is 0.0321. The summed E-state index contributed by atoms with van der Waals surface area (Å²) in [4.78, 5) is 11.7. The van der Waals surface area contributed by atoms with Crippen molar-refractivity contribution in [1.82, 2.24) is 0 Å². The fraction of sp³-hybridized carbons (Fsp3) is 0.533. The normalized spacial score (nSPS) is 11.5. The van der Waals surface area contributed by atoms with E-state index in [0.717, 1.165) is 31.2 Å². The molecule has 1 atom stereocenters. The molecule has 1 rings (SSSR count). The Bertz CT molecular complexity index is 362. The number of unbranched alkanes of at least 4 members (excludes halogenated alkanes) is 2. The zero-order valence-electron chi connectivity index (χ0n) is 11.6. The van der Waals surface area contributed by atoms with Crippen LogP contribution in [0.3, 0.4) is 0 Å². The van der Waals surface area contributed by atoms with Gasteiger partial charge < -0.3 is 9.84 Å². The third-order valence-electron chi connectivity index (χ3n) is 3.11. The SMILES string of the molecule is CCCCC[C@H](Cc1ccc(O)cc1)C(=O)OC.Cl. The van der Waals surface area contributed by atoms with E-state index in [0.29, 0.717) is 6.42 Å². The molecular weight excluding hydrogens is 264 g/mol. The smallest absolute Gasteiger partial charge is 0.308 e. The highest BCUT2D eigenvalue weighted by Gasteiger charge is 2.19. The van der Waals surface area contributed by atoms with Gasteiger partial charge in [0.25, 0.3) is 0 Å². The van der Waals surface area contributed by atoms with Crippen LogP contribution in [0.1, 0.15) is 38.2 Å². The highest BCUT2D eigenvalue weighted by Crippen LogP contribution is 2.19. The lowest BCUT2D eigenvalue weighted by molar-refractivity contribution is -0.145.